The summed E-state index contributed by atoms with van der Waals surface area (Å²) in [5.41, 5.74) is 6.50. The van der Waals surface area contributed by atoms with Gasteiger partial charge in [-0.2, -0.15) is 0 Å². The molecule has 2 N–H and O–H groups in total. The van der Waals surface area contributed by atoms with Crippen molar-refractivity contribution in [3.05, 3.63) is 35.8 Å². The third-order valence-corrected chi connectivity index (χ3v) is 3.94. The number of nitrogens with two attached hydrogens (primary N) is 1. The average molecular weight is 247 g/mol. The maximum Gasteiger partial charge on any atom is 0.169 e. The Hall–Kier alpha value is -1.35. The molecule has 1 heterocycles. The number of fused-ring (bicyclic) bond motifs is 1. The van der Waals surface area contributed by atoms with Crippen molar-refractivity contribution in [1.82, 2.24) is 0 Å². The Labute approximate surface area is 106 Å². The van der Waals surface area contributed by atoms with Crippen LogP contribution < -0.4 is 5.73 Å². The molecule has 0 bridgehead atoms. The molecule has 0 spiro atoms. The number of para-hydroxylation sites is 1. The van der Waals surface area contributed by atoms with Gasteiger partial charge in [0.2, 0.25) is 0 Å². The summed E-state index contributed by atoms with van der Waals surface area (Å²) in [4.78, 5) is 0. The molecule has 3 rings (SSSR count). The molecule has 3 heteroatoms. The predicted molar refractivity (Wildman–Crippen MR) is 69.7 cm³/mol. The summed E-state index contributed by atoms with van der Waals surface area (Å²) in [5.74, 6) is 1.10. The van der Waals surface area contributed by atoms with Gasteiger partial charge < -0.3 is 10.2 Å². The number of benzene rings is 1. The van der Waals surface area contributed by atoms with Crippen LogP contribution in [0.5, 0.6) is 0 Å². The second kappa shape index (κ2) is 4.73. The van der Waals surface area contributed by atoms with Crippen molar-refractivity contribution in [3.63, 3.8) is 0 Å². The lowest BCUT2D eigenvalue weighted by Crippen LogP contribution is -2.13. The summed E-state index contributed by atoms with van der Waals surface area (Å²) in [7, 11) is 0. The van der Waals surface area contributed by atoms with Crippen LogP contribution in [0.3, 0.4) is 0 Å². The number of furan rings is 1. The first-order chi connectivity index (χ1) is 8.74. The van der Waals surface area contributed by atoms with Crippen LogP contribution in [0.4, 0.5) is 4.39 Å². The lowest BCUT2D eigenvalue weighted by atomic mass is 9.97. The van der Waals surface area contributed by atoms with Gasteiger partial charge in [0, 0.05) is 5.39 Å². The van der Waals surface area contributed by atoms with E-state index >= 15 is 0 Å². The van der Waals surface area contributed by atoms with Gasteiger partial charge in [-0.05, 0) is 24.5 Å². The van der Waals surface area contributed by atoms with Gasteiger partial charge in [0.1, 0.15) is 5.76 Å². The highest BCUT2D eigenvalue weighted by Gasteiger charge is 2.21. The van der Waals surface area contributed by atoms with Gasteiger partial charge in [-0.1, -0.05) is 37.8 Å². The smallest absolute Gasteiger partial charge is 0.169 e. The SMILES string of the molecule is NC(CC1CCCC1)c1cc2cccc(F)c2o1. The molecule has 1 aromatic carbocycles. The molecule has 0 saturated heterocycles. The molecule has 18 heavy (non-hydrogen) atoms. The molecule has 96 valence electrons. The fourth-order valence-electron chi connectivity index (χ4n) is 2.95. The molecule has 1 aliphatic rings. The van der Waals surface area contributed by atoms with Crippen LogP contribution >= 0.6 is 0 Å². The minimum absolute atomic E-state index is 0.111. The van der Waals surface area contributed by atoms with Crippen molar-refractivity contribution in [3.8, 4) is 0 Å². The molecule has 0 aliphatic heterocycles. The van der Waals surface area contributed by atoms with Gasteiger partial charge in [-0.15, -0.1) is 0 Å². The first kappa shape index (κ1) is 11.7. The van der Waals surface area contributed by atoms with Gasteiger partial charge in [0.05, 0.1) is 6.04 Å². The Morgan fingerprint density at radius 1 is 1.33 bits per heavy atom. The van der Waals surface area contributed by atoms with E-state index in [2.05, 4.69) is 0 Å². The molecule has 1 atom stereocenters. The molecular formula is C15H18FNO. The summed E-state index contributed by atoms with van der Waals surface area (Å²) in [6, 6.07) is 6.73. The Kier molecular flexibility index (Phi) is 3.08. The minimum atomic E-state index is -0.313. The largest absolute Gasteiger partial charge is 0.456 e. The Bertz CT molecular complexity index is 542. The van der Waals surface area contributed by atoms with Crippen molar-refractivity contribution >= 4 is 11.0 Å². The normalized spacial score (nSPS) is 18.6. The zero-order valence-corrected chi connectivity index (χ0v) is 10.4. The molecular weight excluding hydrogens is 229 g/mol. The van der Waals surface area contributed by atoms with Crippen molar-refractivity contribution in [2.45, 2.75) is 38.1 Å². The van der Waals surface area contributed by atoms with Gasteiger partial charge in [0.15, 0.2) is 11.4 Å². The maximum absolute atomic E-state index is 13.5. The van der Waals surface area contributed by atoms with E-state index in [9.17, 15) is 4.39 Å². The molecule has 1 aliphatic carbocycles. The predicted octanol–water partition coefficient (Wildman–Crippen LogP) is 4.15. The Balaban J connectivity index is 1.82. The fourth-order valence-corrected chi connectivity index (χ4v) is 2.95. The third kappa shape index (κ3) is 2.15. The number of hydrogen-bond acceptors (Lipinski definition) is 2. The van der Waals surface area contributed by atoms with Crippen molar-refractivity contribution in [1.29, 1.82) is 0 Å². The number of rotatable bonds is 3. The molecule has 2 aromatic rings. The maximum atomic E-state index is 13.5. The molecule has 0 amide bonds. The zero-order chi connectivity index (χ0) is 12.5. The van der Waals surface area contributed by atoms with Crippen LogP contribution in [-0.2, 0) is 0 Å². The van der Waals surface area contributed by atoms with Crippen LogP contribution in [0.1, 0.15) is 43.9 Å². The molecule has 2 nitrogen and oxygen atoms in total. The van der Waals surface area contributed by atoms with Crippen LogP contribution in [0.25, 0.3) is 11.0 Å². The van der Waals surface area contributed by atoms with E-state index in [0.29, 0.717) is 17.3 Å². The highest BCUT2D eigenvalue weighted by Crippen LogP contribution is 2.34. The number of halogens is 1. The lowest BCUT2D eigenvalue weighted by Gasteiger charge is -2.13. The summed E-state index contributed by atoms with van der Waals surface area (Å²) in [6.07, 6.45) is 6.10. The molecule has 1 saturated carbocycles. The highest BCUT2D eigenvalue weighted by molar-refractivity contribution is 5.78. The summed E-state index contributed by atoms with van der Waals surface area (Å²) >= 11 is 0. The van der Waals surface area contributed by atoms with Crippen molar-refractivity contribution < 1.29 is 8.81 Å². The van der Waals surface area contributed by atoms with E-state index in [1.54, 1.807) is 6.07 Å². The zero-order valence-electron chi connectivity index (χ0n) is 10.4. The van der Waals surface area contributed by atoms with Gasteiger partial charge in [-0.3, -0.25) is 0 Å². The van der Waals surface area contributed by atoms with E-state index in [1.165, 1.54) is 31.7 Å². The summed E-state index contributed by atoms with van der Waals surface area (Å²) in [5, 5.41) is 0.798. The summed E-state index contributed by atoms with van der Waals surface area (Å²) in [6.45, 7) is 0. The Morgan fingerprint density at radius 2 is 2.11 bits per heavy atom. The fraction of sp³-hybridized carbons (Fsp3) is 0.467. The molecule has 1 fully saturated rings. The van der Waals surface area contributed by atoms with Crippen LogP contribution in [0.2, 0.25) is 0 Å². The standard InChI is InChI=1S/C15H18FNO/c16-12-7-3-6-11-9-14(18-15(11)12)13(17)8-10-4-1-2-5-10/h3,6-7,9-10,13H,1-2,4-5,8,17H2. The van der Waals surface area contributed by atoms with Crippen LogP contribution in [0.15, 0.2) is 28.7 Å². The number of hydrogen-bond donors (Lipinski definition) is 1. The van der Waals surface area contributed by atoms with Crippen molar-refractivity contribution in [2.75, 3.05) is 0 Å². The minimum Gasteiger partial charge on any atom is -0.456 e. The third-order valence-electron chi connectivity index (χ3n) is 3.94. The monoisotopic (exact) mass is 247 g/mol. The first-order valence-corrected chi connectivity index (χ1v) is 6.67. The highest BCUT2D eigenvalue weighted by atomic mass is 19.1. The van der Waals surface area contributed by atoms with E-state index in [-0.39, 0.29) is 11.9 Å². The van der Waals surface area contributed by atoms with Crippen molar-refractivity contribution in [2.24, 2.45) is 11.7 Å². The van der Waals surface area contributed by atoms with Crippen LogP contribution in [0, 0.1) is 11.7 Å². The summed E-state index contributed by atoms with van der Waals surface area (Å²) < 4.78 is 19.1. The second-order valence-corrected chi connectivity index (χ2v) is 5.30. The lowest BCUT2D eigenvalue weighted by molar-refractivity contribution is 0.398. The first-order valence-electron chi connectivity index (χ1n) is 6.67. The van der Waals surface area contributed by atoms with Gasteiger partial charge >= 0.3 is 0 Å². The topological polar surface area (TPSA) is 39.2 Å². The quantitative estimate of drug-likeness (QED) is 0.884. The molecule has 1 unspecified atom stereocenters. The van der Waals surface area contributed by atoms with E-state index < -0.39 is 0 Å². The molecule has 0 radical (unpaired) electrons. The van der Waals surface area contributed by atoms with Gasteiger partial charge in [0.25, 0.3) is 0 Å². The van der Waals surface area contributed by atoms with E-state index in [4.69, 9.17) is 10.2 Å². The van der Waals surface area contributed by atoms with Gasteiger partial charge in [-0.25, -0.2) is 4.39 Å². The van der Waals surface area contributed by atoms with Crippen LogP contribution in [-0.4, -0.2) is 0 Å². The van der Waals surface area contributed by atoms with E-state index in [1.807, 2.05) is 12.1 Å². The second-order valence-electron chi connectivity index (χ2n) is 5.30. The average Bonchev–Trinajstić information content (AvgIpc) is 2.97. The van der Waals surface area contributed by atoms with E-state index in [0.717, 1.165) is 11.8 Å². The Morgan fingerprint density at radius 3 is 2.83 bits per heavy atom. The molecule has 1 aromatic heterocycles.